The Morgan fingerprint density at radius 2 is 1.55 bits per heavy atom. The van der Waals surface area contributed by atoms with Crippen molar-refractivity contribution >= 4 is 17.3 Å². The molecular weight excluding hydrogens is 369 g/mol. The Labute approximate surface area is 167 Å². The highest BCUT2D eigenvalue weighted by molar-refractivity contribution is 6.09. The number of phenolic OH excluding ortho intramolecular Hbond substituents is 1. The second-order valence-corrected chi connectivity index (χ2v) is 6.88. The van der Waals surface area contributed by atoms with Crippen LogP contribution in [-0.2, 0) is 0 Å². The molecule has 0 unspecified atom stereocenters. The Morgan fingerprint density at radius 1 is 0.862 bits per heavy atom. The SMILES string of the molecule is O=C(c1ccc(C(=O)N2CC=C(c3ccc(F)cc3)C2)cc1)c1cccc(O)c1. The Bertz CT molecular complexity index is 1100. The molecule has 1 aliphatic heterocycles. The van der Waals surface area contributed by atoms with Crippen molar-refractivity contribution in [2.75, 3.05) is 13.1 Å². The summed E-state index contributed by atoms with van der Waals surface area (Å²) in [7, 11) is 0. The third-order valence-corrected chi connectivity index (χ3v) is 4.92. The number of amides is 1. The molecule has 29 heavy (non-hydrogen) atoms. The van der Waals surface area contributed by atoms with Gasteiger partial charge in [0.25, 0.3) is 5.91 Å². The molecule has 1 amide bonds. The van der Waals surface area contributed by atoms with Gasteiger partial charge in [-0.2, -0.15) is 0 Å². The van der Waals surface area contributed by atoms with Gasteiger partial charge in [0.1, 0.15) is 11.6 Å². The summed E-state index contributed by atoms with van der Waals surface area (Å²) in [6.07, 6.45) is 1.96. The van der Waals surface area contributed by atoms with Gasteiger partial charge in [-0.15, -0.1) is 0 Å². The van der Waals surface area contributed by atoms with Crippen molar-refractivity contribution in [2.45, 2.75) is 0 Å². The Hall–Kier alpha value is -3.73. The average Bonchev–Trinajstić information content (AvgIpc) is 3.23. The standard InChI is InChI=1S/C24H18FNO3/c25-21-10-8-16(9-11-21)20-12-13-26(15-20)24(29)18-6-4-17(5-7-18)23(28)19-2-1-3-22(27)14-19/h1-12,14,27H,13,15H2. The molecule has 4 rings (SSSR count). The third kappa shape index (κ3) is 3.94. The molecule has 0 spiro atoms. The summed E-state index contributed by atoms with van der Waals surface area (Å²) in [5.74, 6) is -0.613. The first-order valence-electron chi connectivity index (χ1n) is 9.19. The summed E-state index contributed by atoms with van der Waals surface area (Å²) >= 11 is 0. The van der Waals surface area contributed by atoms with Crippen molar-refractivity contribution in [1.29, 1.82) is 0 Å². The monoisotopic (exact) mass is 387 g/mol. The van der Waals surface area contributed by atoms with Crippen LogP contribution in [0, 0.1) is 5.82 Å². The molecule has 5 heteroatoms. The molecule has 0 aromatic heterocycles. The molecule has 0 saturated carbocycles. The first kappa shape index (κ1) is 18.6. The van der Waals surface area contributed by atoms with E-state index in [0.29, 0.717) is 29.8 Å². The van der Waals surface area contributed by atoms with Crippen LogP contribution >= 0.6 is 0 Å². The van der Waals surface area contributed by atoms with Crippen molar-refractivity contribution < 1.29 is 19.1 Å². The summed E-state index contributed by atoms with van der Waals surface area (Å²) in [4.78, 5) is 27.0. The van der Waals surface area contributed by atoms with E-state index in [1.165, 1.54) is 24.3 Å². The first-order valence-corrected chi connectivity index (χ1v) is 9.19. The Kier molecular flexibility index (Phi) is 4.96. The maximum Gasteiger partial charge on any atom is 0.254 e. The van der Waals surface area contributed by atoms with Crippen molar-refractivity contribution in [2.24, 2.45) is 0 Å². The molecular formula is C24H18FNO3. The van der Waals surface area contributed by atoms with Gasteiger partial charge in [0.05, 0.1) is 0 Å². The second kappa shape index (κ2) is 7.72. The number of ketones is 1. The van der Waals surface area contributed by atoms with E-state index in [1.54, 1.807) is 53.4 Å². The van der Waals surface area contributed by atoms with Crippen LogP contribution in [0.5, 0.6) is 5.75 Å². The summed E-state index contributed by atoms with van der Waals surface area (Å²) < 4.78 is 13.1. The zero-order chi connectivity index (χ0) is 20.4. The van der Waals surface area contributed by atoms with Gasteiger partial charge in [0, 0.05) is 29.8 Å². The van der Waals surface area contributed by atoms with Crippen LogP contribution in [0.25, 0.3) is 5.57 Å². The highest BCUT2D eigenvalue weighted by atomic mass is 19.1. The zero-order valence-corrected chi connectivity index (χ0v) is 15.5. The van der Waals surface area contributed by atoms with E-state index < -0.39 is 0 Å². The molecule has 0 atom stereocenters. The van der Waals surface area contributed by atoms with E-state index in [4.69, 9.17) is 0 Å². The Morgan fingerprint density at radius 3 is 2.24 bits per heavy atom. The molecule has 1 N–H and O–H groups in total. The van der Waals surface area contributed by atoms with E-state index in [0.717, 1.165) is 11.1 Å². The fourth-order valence-corrected chi connectivity index (χ4v) is 3.34. The van der Waals surface area contributed by atoms with Gasteiger partial charge in [-0.3, -0.25) is 9.59 Å². The van der Waals surface area contributed by atoms with Gasteiger partial charge < -0.3 is 10.0 Å². The van der Waals surface area contributed by atoms with Crippen LogP contribution in [0.15, 0.2) is 78.9 Å². The molecule has 4 nitrogen and oxygen atoms in total. The van der Waals surface area contributed by atoms with Gasteiger partial charge in [0.2, 0.25) is 0 Å². The largest absolute Gasteiger partial charge is 0.508 e. The quantitative estimate of drug-likeness (QED) is 0.679. The second-order valence-electron chi connectivity index (χ2n) is 6.88. The highest BCUT2D eigenvalue weighted by Gasteiger charge is 2.22. The van der Waals surface area contributed by atoms with Crippen LogP contribution in [0.3, 0.4) is 0 Å². The number of carbonyl (C=O) groups excluding carboxylic acids is 2. The number of phenols is 1. The number of nitrogens with zero attached hydrogens (tertiary/aromatic N) is 1. The van der Waals surface area contributed by atoms with Gasteiger partial charge in [0.15, 0.2) is 5.78 Å². The van der Waals surface area contributed by atoms with Crippen LogP contribution in [0.1, 0.15) is 31.8 Å². The first-order chi connectivity index (χ1) is 14.0. The lowest BCUT2D eigenvalue weighted by atomic mass is 10.0. The molecule has 3 aromatic rings. The van der Waals surface area contributed by atoms with E-state index in [-0.39, 0.29) is 23.3 Å². The van der Waals surface area contributed by atoms with Gasteiger partial charge in [-0.25, -0.2) is 4.39 Å². The fraction of sp³-hybridized carbons (Fsp3) is 0.0833. The molecule has 0 bridgehead atoms. The molecule has 0 saturated heterocycles. The topological polar surface area (TPSA) is 57.6 Å². The van der Waals surface area contributed by atoms with Crippen molar-refractivity contribution in [3.63, 3.8) is 0 Å². The number of halogens is 1. The highest BCUT2D eigenvalue weighted by Crippen LogP contribution is 2.23. The third-order valence-electron chi connectivity index (χ3n) is 4.92. The molecule has 3 aromatic carbocycles. The summed E-state index contributed by atoms with van der Waals surface area (Å²) in [5, 5.41) is 9.54. The number of hydrogen-bond donors (Lipinski definition) is 1. The van der Waals surface area contributed by atoms with Crippen LogP contribution in [-0.4, -0.2) is 34.8 Å². The number of hydrogen-bond acceptors (Lipinski definition) is 3. The van der Waals surface area contributed by atoms with Crippen molar-refractivity contribution in [3.05, 3.63) is 107 Å². The number of aromatic hydroxyl groups is 1. The number of carbonyl (C=O) groups is 2. The fourth-order valence-electron chi connectivity index (χ4n) is 3.34. The maximum absolute atomic E-state index is 13.1. The lowest BCUT2D eigenvalue weighted by Crippen LogP contribution is -2.28. The van der Waals surface area contributed by atoms with E-state index in [2.05, 4.69) is 0 Å². The average molecular weight is 387 g/mol. The summed E-state index contributed by atoms with van der Waals surface area (Å²) in [6.45, 7) is 0.934. The predicted molar refractivity (Wildman–Crippen MR) is 108 cm³/mol. The summed E-state index contributed by atoms with van der Waals surface area (Å²) in [6, 6.07) is 18.9. The smallest absolute Gasteiger partial charge is 0.254 e. The lowest BCUT2D eigenvalue weighted by molar-refractivity contribution is 0.0801. The van der Waals surface area contributed by atoms with Gasteiger partial charge >= 0.3 is 0 Å². The van der Waals surface area contributed by atoms with Crippen molar-refractivity contribution in [3.8, 4) is 5.75 Å². The van der Waals surface area contributed by atoms with Crippen LogP contribution in [0.4, 0.5) is 4.39 Å². The molecule has 1 heterocycles. The lowest BCUT2D eigenvalue weighted by Gasteiger charge is -2.17. The van der Waals surface area contributed by atoms with Gasteiger partial charge in [-0.05, 0) is 47.5 Å². The predicted octanol–water partition coefficient (Wildman–Crippen LogP) is 4.30. The molecule has 0 aliphatic carbocycles. The minimum atomic E-state index is -0.291. The van der Waals surface area contributed by atoms with Crippen LogP contribution in [0.2, 0.25) is 0 Å². The Balaban J connectivity index is 1.45. The maximum atomic E-state index is 13.1. The number of rotatable bonds is 4. The summed E-state index contributed by atoms with van der Waals surface area (Å²) in [5.41, 5.74) is 3.20. The molecule has 0 radical (unpaired) electrons. The normalized spacial score (nSPS) is 13.3. The number of benzene rings is 3. The minimum absolute atomic E-state index is 0.0288. The van der Waals surface area contributed by atoms with Gasteiger partial charge in [-0.1, -0.05) is 42.5 Å². The van der Waals surface area contributed by atoms with E-state index in [9.17, 15) is 19.1 Å². The minimum Gasteiger partial charge on any atom is -0.508 e. The van der Waals surface area contributed by atoms with Crippen molar-refractivity contribution in [1.82, 2.24) is 4.90 Å². The molecule has 1 aliphatic rings. The zero-order valence-electron chi connectivity index (χ0n) is 15.5. The van der Waals surface area contributed by atoms with Crippen LogP contribution < -0.4 is 0 Å². The van der Waals surface area contributed by atoms with E-state index >= 15 is 0 Å². The van der Waals surface area contributed by atoms with E-state index in [1.807, 2.05) is 6.08 Å². The molecule has 144 valence electrons. The molecule has 0 fully saturated rings.